The number of nitrogens with zero attached hydrogens (tertiary/aromatic N) is 1. The molecule has 2 heterocycles. The van der Waals surface area contributed by atoms with Crippen molar-refractivity contribution in [1.29, 1.82) is 0 Å². The summed E-state index contributed by atoms with van der Waals surface area (Å²) >= 11 is 0. The van der Waals surface area contributed by atoms with Crippen LogP contribution in [0.15, 0.2) is 36.4 Å². The number of carbonyl (C=O) groups is 2. The molecule has 7 heteroatoms. The molecule has 3 amide bonds. The van der Waals surface area contributed by atoms with E-state index < -0.39 is 0 Å². The van der Waals surface area contributed by atoms with Gasteiger partial charge in [0, 0.05) is 24.3 Å². The molecule has 0 radical (unpaired) electrons. The minimum absolute atomic E-state index is 0.126. The maximum absolute atomic E-state index is 12.5. The van der Waals surface area contributed by atoms with Gasteiger partial charge in [-0.3, -0.25) is 4.79 Å². The molecule has 0 unspecified atom stereocenters. The van der Waals surface area contributed by atoms with Gasteiger partial charge in [0.05, 0.1) is 6.04 Å². The number of urea groups is 1. The molecule has 0 aliphatic carbocycles. The molecule has 0 spiro atoms. The van der Waals surface area contributed by atoms with E-state index in [9.17, 15) is 9.59 Å². The Morgan fingerprint density at radius 2 is 2.00 bits per heavy atom. The van der Waals surface area contributed by atoms with Gasteiger partial charge >= 0.3 is 6.03 Å². The molecular formula is C21H23N3O4. The average molecular weight is 381 g/mol. The van der Waals surface area contributed by atoms with E-state index in [1.807, 2.05) is 50.2 Å². The second kappa shape index (κ2) is 7.42. The van der Waals surface area contributed by atoms with Gasteiger partial charge in [0.1, 0.15) is 0 Å². The third kappa shape index (κ3) is 3.47. The van der Waals surface area contributed by atoms with E-state index in [-0.39, 0.29) is 24.8 Å². The summed E-state index contributed by atoms with van der Waals surface area (Å²) in [6.07, 6.45) is 1.44. The molecule has 0 saturated carbocycles. The molecular weight excluding hydrogens is 358 g/mol. The fourth-order valence-electron chi connectivity index (χ4n) is 3.57. The lowest BCUT2D eigenvalue weighted by Gasteiger charge is -2.21. The Bertz CT molecular complexity index is 928. The maximum atomic E-state index is 12.5. The van der Waals surface area contributed by atoms with Crippen molar-refractivity contribution in [2.45, 2.75) is 32.7 Å². The zero-order chi connectivity index (χ0) is 19.7. The second-order valence-corrected chi connectivity index (χ2v) is 7.03. The number of anilines is 2. The first-order chi connectivity index (χ1) is 13.5. The first kappa shape index (κ1) is 18.2. The van der Waals surface area contributed by atoms with Crippen LogP contribution in [-0.2, 0) is 4.79 Å². The molecule has 2 aliphatic heterocycles. The van der Waals surface area contributed by atoms with E-state index in [0.29, 0.717) is 23.6 Å². The minimum atomic E-state index is -0.307. The molecule has 0 bridgehead atoms. The first-order valence-electron chi connectivity index (χ1n) is 9.40. The van der Waals surface area contributed by atoms with Gasteiger partial charge in [-0.25, -0.2) is 4.79 Å². The summed E-state index contributed by atoms with van der Waals surface area (Å²) in [4.78, 5) is 26.4. The van der Waals surface area contributed by atoms with Gasteiger partial charge in [0.2, 0.25) is 12.7 Å². The van der Waals surface area contributed by atoms with Crippen molar-refractivity contribution in [2.24, 2.45) is 0 Å². The van der Waals surface area contributed by atoms with Crippen molar-refractivity contribution in [2.75, 3.05) is 23.6 Å². The van der Waals surface area contributed by atoms with Crippen LogP contribution in [0.2, 0.25) is 0 Å². The number of carbonyl (C=O) groups excluding carboxylic acids is 2. The molecule has 7 nitrogen and oxygen atoms in total. The van der Waals surface area contributed by atoms with Crippen LogP contribution in [0.3, 0.4) is 0 Å². The van der Waals surface area contributed by atoms with Crippen LogP contribution in [0.5, 0.6) is 11.5 Å². The van der Waals surface area contributed by atoms with Crippen LogP contribution in [0.1, 0.15) is 36.9 Å². The van der Waals surface area contributed by atoms with Crippen LogP contribution in [0.4, 0.5) is 16.2 Å². The Morgan fingerprint density at radius 3 is 2.79 bits per heavy atom. The fourth-order valence-corrected chi connectivity index (χ4v) is 3.57. The summed E-state index contributed by atoms with van der Waals surface area (Å²) < 4.78 is 10.7. The highest BCUT2D eigenvalue weighted by molar-refractivity contribution is 5.98. The van der Waals surface area contributed by atoms with Crippen molar-refractivity contribution in [3.63, 3.8) is 0 Å². The third-order valence-corrected chi connectivity index (χ3v) is 5.16. The molecule has 1 saturated heterocycles. The monoisotopic (exact) mass is 381 g/mol. The summed E-state index contributed by atoms with van der Waals surface area (Å²) in [5, 5.41) is 5.83. The summed E-state index contributed by atoms with van der Waals surface area (Å²) in [6.45, 7) is 4.76. The standard InChI is InChI=1S/C21H23N3O4/c1-13-16(5-3-6-17(13)24-10-4-7-20(24)25)23-21(26)22-14(2)15-8-9-18-19(11-15)28-12-27-18/h3,5-6,8-9,11,14H,4,7,10,12H2,1-2H3,(H2,22,23,26)/t14-/m1/s1. The van der Waals surface area contributed by atoms with Gasteiger partial charge in [-0.2, -0.15) is 0 Å². The van der Waals surface area contributed by atoms with E-state index in [1.165, 1.54) is 0 Å². The van der Waals surface area contributed by atoms with E-state index in [4.69, 9.17) is 9.47 Å². The van der Waals surface area contributed by atoms with Gasteiger partial charge in [-0.1, -0.05) is 12.1 Å². The van der Waals surface area contributed by atoms with Crippen molar-refractivity contribution >= 4 is 23.3 Å². The topological polar surface area (TPSA) is 79.9 Å². The van der Waals surface area contributed by atoms with Gasteiger partial charge in [-0.15, -0.1) is 0 Å². The highest BCUT2D eigenvalue weighted by Crippen LogP contribution is 2.34. The smallest absolute Gasteiger partial charge is 0.319 e. The number of fused-ring (bicyclic) bond motifs is 1. The molecule has 2 aromatic carbocycles. The molecule has 0 aromatic heterocycles. The minimum Gasteiger partial charge on any atom is -0.454 e. The van der Waals surface area contributed by atoms with Crippen LogP contribution in [0, 0.1) is 6.92 Å². The number of hydrogen-bond donors (Lipinski definition) is 2. The second-order valence-electron chi connectivity index (χ2n) is 7.03. The maximum Gasteiger partial charge on any atom is 0.319 e. The summed E-state index contributed by atoms with van der Waals surface area (Å²) in [5.74, 6) is 1.52. The number of amides is 3. The molecule has 2 aliphatic rings. The van der Waals surface area contributed by atoms with Gasteiger partial charge in [0.25, 0.3) is 0 Å². The van der Waals surface area contributed by atoms with Crippen molar-refractivity contribution in [3.8, 4) is 11.5 Å². The molecule has 2 N–H and O–H groups in total. The zero-order valence-corrected chi connectivity index (χ0v) is 16.0. The summed E-state index contributed by atoms with van der Waals surface area (Å²) in [6, 6.07) is 10.7. The molecule has 1 fully saturated rings. The highest BCUT2D eigenvalue weighted by Gasteiger charge is 2.24. The highest BCUT2D eigenvalue weighted by atomic mass is 16.7. The van der Waals surface area contributed by atoms with Crippen molar-refractivity contribution < 1.29 is 19.1 Å². The molecule has 4 rings (SSSR count). The first-order valence-corrected chi connectivity index (χ1v) is 9.40. The third-order valence-electron chi connectivity index (χ3n) is 5.16. The number of ether oxygens (including phenoxy) is 2. The fraction of sp³-hybridized carbons (Fsp3) is 0.333. The number of nitrogens with one attached hydrogen (secondary N) is 2. The van der Waals surface area contributed by atoms with Crippen molar-refractivity contribution in [3.05, 3.63) is 47.5 Å². The Morgan fingerprint density at radius 1 is 1.18 bits per heavy atom. The lowest BCUT2D eigenvalue weighted by atomic mass is 10.1. The van der Waals surface area contributed by atoms with Gasteiger partial charge < -0.3 is 25.0 Å². The average Bonchev–Trinajstić information content (AvgIpc) is 3.31. The van der Waals surface area contributed by atoms with Crippen LogP contribution in [0.25, 0.3) is 0 Å². The quantitative estimate of drug-likeness (QED) is 0.846. The van der Waals surface area contributed by atoms with Crippen LogP contribution in [-0.4, -0.2) is 25.3 Å². The Kier molecular flexibility index (Phi) is 4.81. The zero-order valence-electron chi connectivity index (χ0n) is 16.0. The largest absolute Gasteiger partial charge is 0.454 e. The van der Waals surface area contributed by atoms with E-state index in [0.717, 1.165) is 29.8 Å². The summed E-state index contributed by atoms with van der Waals surface area (Å²) in [5.41, 5.74) is 3.34. The summed E-state index contributed by atoms with van der Waals surface area (Å²) in [7, 11) is 0. The molecule has 2 aromatic rings. The lowest BCUT2D eigenvalue weighted by Crippen LogP contribution is -2.31. The van der Waals surface area contributed by atoms with E-state index >= 15 is 0 Å². The number of rotatable bonds is 4. The lowest BCUT2D eigenvalue weighted by molar-refractivity contribution is -0.117. The van der Waals surface area contributed by atoms with Crippen LogP contribution < -0.4 is 25.0 Å². The predicted octanol–water partition coefficient (Wildman–Crippen LogP) is 3.73. The molecule has 28 heavy (non-hydrogen) atoms. The Balaban J connectivity index is 1.44. The number of hydrogen-bond acceptors (Lipinski definition) is 4. The van der Waals surface area contributed by atoms with E-state index in [1.54, 1.807) is 4.90 Å². The number of benzene rings is 2. The Labute approximate surface area is 163 Å². The molecule has 1 atom stereocenters. The Hall–Kier alpha value is -3.22. The van der Waals surface area contributed by atoms with Gasteiger partial charge in [-0.05, 0) is 55.7 Å². The molecule has 146 valence electrons. The van der Waals surface area contributed by atoms with Crippen molar-refractivity contribution in [1.82, 2.24) is 5.32 Å². The predicted molar refractivity (Wildman–Crippen MR) is 106 cm³/mol. The normalized spacial score (nSPS) is 16.2. The van der Waals surface area contributed by atoms with E-state index in [2.05, 4.69) is 10.6 Å². The SMILES string of the molecule is Cc1c(NC(=O)N[C@H](C)c2ccc3c(c2)OCO3)cccc1N1CCCC1=O. The van der Waals surface area contributed by atoms with Gasteiger partial charge in [0.15, 0.2) is 11.5 Å². The van der Waals surface area contributed by atoms with Crippen LogP contribution >= 0.6 is 0 Å².